The van der Waals surface area contributed by atoms with Crippen molar-refractivity contribution in [3.8, 4) is 44.5 Å². The standard InChI is InChI=1S/C68H62N4O16/c1-9-81-61(73)41-25-37(26-42(33-41)62(74)82-10-2)57-49-17-19-51(69-49)58(38-27-43(63(75)83-11-3)34-44(28-38)64(76)84-12-4)53-21-23-55(71-53)60(40-31-47(67(79)87-15-7)36-48(32-40)68(80)88-16-8)56-24-22-54(72-56)59(52-20-18-50(57)70-52)39-29-45(65(77)85-13-5)35-46(30-39)66(78)86-14-6/h17-36,69,72H,9-16H2,1-8H3. The summed E-state index contributed by atoms with van der Waals surface area (Å²) >= 11 is 0. The molecule has 2 aliphatic rings. The van der Waals surface area contributed by atoms with Crippen molar-refractivity contribution < 1.29 is 76.3 Å². The van der Waals surface area contributed by atoms with Crippen LogP contribution >= 0.6 is 0 Å². The van der Waals surface area contributed by atoms with Gasteiger partial charge in [0.2, 0.25) is 0 Å². The largest absolute Gasteiger partial charge is 0.462 e. The van der Waals surface area contributed by atoms with Crippen LogP contribution in [0.15, 0.2) is 97.1 Å². The van der Waals surface area contributed by atoms with Crippen LogP contribution in [0.3, 0.4) is 0 Å². The molecule has 0 saturated heterocycles. The number of aromatic amines is 2. The fourth-order valence-electron chi connectivity index (χ4n) is 10.2. The Morgan fingerprint density at radius 2 is 0.432 bits per heavy atom. The number of hydrogen-bond acceptors (Lipinski definition) is 18. The van der Waals surface area contributed by atoms with E-state index >= 15 is 0 Å². The summed E-state index contributed by atoms with van der Waals surface area (Å²) in [5, 5.41) is 0. The zero-order valence-electron chi connectivity index (χ0n) is 49.6. The predicted molar refractivity (Wildman–Crippen MR) is 328 cm³/mol. The summed E-state index contributed by atoms with van der Waals surface area (Å²) in [5.41, 5.74) is 5.35. The Hall–Kier alpha value is -10.8. The molecule has 2 aliphatic heterocycles. The topological polar surface area (TPSA) is 268 Å². The average Bonchev–Trinajstić information content (AvgIpc) is 1.93. The van der Waals surface area contributed by atoms with Crippen LogP contribution in [0.5, 0.6) is 0 Å². The quantitative estimate of drug-likeness (QED) is 0.0530. The number of aromatic nitrogens is 4. The van der Waals surface area contributed by atoms with Gasteiger partial charge in [0, 0.05) is 44.3 Å². The van der Waals surface area contributed by atoms with Crippen LogP contribution in [0.1, 0.15) is 161 Å². The van der Waals surface area contributed by atoms with Gasteiger partial charge in [0.15, 0.2) is 0 Å². The Morgan fingerprint density at radius 3 is 0.580 bits per heavy atom. The molecule has 88 heavy (non-hydrogen) atoms. The minimum Gasteiger partial charge on any atom is -0.462 e. The summed E-state index contributed by atoms with van der Waals surface area (Å²) in [6, 6.07) is 25.0. The molecule has 0 amide bonds. The lowest BCUT2D eigenvalue weighted by atomic mass is 9.98. The molecule has 450 valence electrons. The van der Waals surface area contributed by atoms with Crippen LogP contribution in [0, 0.1) is 0 Å². The fraction of sp³-hybridized carbons (Fsp3) is 0.235. The van der Waals surface area contributed by atoms with Crippen LogP contribution in [0.25, 0.3) is 90.9 Å². The smallest absolute Gasteiger partial charge is 0.338 e. The monoisotopic (exact) mass is 1190 g/mol. The molecule has 0 unspecified atom stereocenters. The Bertz CT molecular complexity index is 3550. The zero-order valence-corrected chi connectivity index (χ0v) is 49.6. The molecule has 2 N–H and O–H groups in total. The number of H-pyrrole nitrogens is 2. The van der Waals surface area contributed by atoms with Crippen molar-refractivity contribution in [1.82, 2.24) is 19.9 Å². The second-order valence-electron chi connectivity index (χ2n) is 19.5. The van der Waals surface area contributed by atoms with E-state index in [0.717, 1.165) is 0 Å². The number of fused-ring (bicyclic) bond motifs is 8. The van der Waals surface area contributed by atoms with E-state index in [9.17, 15) is 38.4 Å². The highest BCUT2D eigenvalue weighted by Crippen LogP contribution is 2.41. The van der Waals surface area contributed by atoms with E-state index < -0.39 is 47.8 Å². The van der Waals surface area contributed by atoms with Crippen molar-refractivity contribution in [2.24, 2.45) is 0 Å². The molecule has 0 atom stereocenters. The van der Waals surface area contributed by atoms with Gasteiger partial charge in [-0.05, 0) is 199 Å². The van der Waals surface area contributed by atoms with Crippen LogP contribution in [0.4, 0.5) is 0 Å². The van der Waals surface area contributed by atoms with Gasteiger partial charge in [0.25, 0.3) is 0 Å². The van der Waals surface area contributed by atoms with Gasteiger partial charge in [-0.1, -0.05) is 0 Å². The summed E-state index contributed by atoms with van der Waals surface area (Å²) in [5.74, 6) is -5.80. The molecule has 7 aromatic rings. The minimum absolute atomic E-state index is 0.0197. The van der Waals surface area contributed by atoms with Crippen molar-refractivity contribution in [3.63, 3.8) is 0 Å². The number of esters is 8. The lowest BCUT2D eigenvalue weighted by molar-refractivity contribution is 0.0506. The highest BCUT2D eigenvalue weighted by atomic mass is 16.6. The number of hydrogen-bond donors (Lipinski definition) is 2. The van der Waals surface area contributed by atoms with Gasteiger partial charge in [-0.2, -0.15) is 0 Å². The number of nitrogens with one attached hydrogen (secondary N) is 2. The molecule has 20 nitrogen and oxygen atoms in total. The van der Waals surface area contributed by atoms with E-state index in [-0.39, 0.29) is 120 Å². The molecular weight excluding hydrogens is 1130 g/mol. The van der Waals surface area contributed by atoms with E-state index in [1.807, 2.05) is 0 Å². The minimum atomic E-state index is -0.724. The SMILES string of the molecule is CCOC(=O)c1cc(C(=O)OCC)cc(-c2c3nc(c(-c4cc(C(=O)OCC)cc(C(=O)OCC)c4)c4ccc([nH]4)c(-c4cc(C(=O)OCC)cc(C(=O)OCC)c4)c4nc(c(-c5cc(C(=O)OCC)cc(C(=O)OCC)c5)c5ccc2[nH]5)C=C4)C=C3)c1. The van der Waals surface area contributed by atoms with Gasteiger partial charge in [-0.15, -0.1) is 0 Å². The molecule has 5 heterocycles. The Balaban J connectivity index is 1.53. The number of carbonyl (C=O) groups excluding carboxylic acids is 8. The van der Waals surface area contributed by atoms with Crippen LogP contribution in [0.2, 0.25) is 0 Å². The normalized spacial score (nSPS) is 11.4. The molecular formula is C68H62N4O16. The highest BCUT2D eigenvalue weighted by Gasteiger charge is 2.26. The zero-order chi connectivity index (χ0) is 62.8. The Labute approximate surface area is 505 Å². The van der Waals surface area contributed by atoms with Gasteiger partial charge < -0.3 is 47.9 Å². The first-order chi connectivity index (χ1) is 42.5. The number of carbonyl (C=O) groups is 8. The maximum atomic E-state index is 13.7. The summed E-state index contributed by atoms with van der Waals surface area (Å²) in [4.78, 5) is 128. The Morgan fingerprint density at radius 1 is 0.273 bits per heavy atom. The van der Waals surface area contributed by atoms with Crippen molar-refractivity contribution in [2.45, 2.75) is 55.4 Å². The second kappa shape index (κ2) is 27.5. The van der Waals surface area contributed by atoms with Crippen LogP contribution in [-0.4, -0.2) is 121 Å². The van der Waals surface area contributed by atoms with E-state index in [1.165, 1.54) is 24.3 Å². The molecule has 0 aliphatic carbocycles. The molecule has 8 bridgehead atoms. The molecule has 0 spiro atoms. The number of nitrogens with zero attached hydrogens (tertiary/aromatic N) is 2. The summed E-state index contributed by atoms with van der Waals surface area (Å²) < 4.78 is 43.8. The maximum absolute atomic E-state index is 13.7. The summed E-state index contributed by atoms with van der Waals surface area (Å²) in [6.45, 7) is 13.4. The molecule has 20 heteroatoms. The molecule has 0 saturated carbocycles. The first-order valence-corrected chi connectivity index (χ1v) is 28.7. The third-order valence-electron chi connectivity index (χ3n) is 13.7. The van der Waals surface area contributed by atoms with Gasteiger partial charge >= 0.3 is 47.8 Å². The number of benzene rings is 4. The molecule has 4 aromatic carbocycles. The lowest BCUT2D eigenvalue weighted by Gasteiger charge is -2.12. The molecule has 0 radical (unpaired) electrons. The summed E-state index contributed by atoms with van der Waals surface area (Å²) in [7, 11) is 0. The number of ether oxygens (including phenoxy) is 8. The lowest BCUT2D eigenvalue weighted by Crippen LogP contribution is -2.10. The van der Waals surface area contributed by atoms with E-state index in [1.54, 1.807) is 152 Å². The van der Waals surface area contributed by atoms with E-state index in [2.05, 4.69) is 9.97 Å². The van der Waals surface area contributed by atoms with Crippen molar-refractivity contribution in [2.75, 3.05) is 52.9 Å². The van der Waals surface area contributed by atoms with Crippen LogP contribution < -0.4 is 0 Å². The molecule has 0 fully saturated rings. The highest BCUT2D eigenvalue weighted by molar-refractivity contribution is 6.07. The molecule has 9 rings (SSSR count). The average molecular weight is 1190 g/mol. The molecule has 3 aromatic heterocycles. The number of rotatable bonds is 20. The summed E-state index contributed by atoms with van der Waals surface area (Å²) in [6.07, 6.45) is 6.87. The first-order valence-electron chi connectivity index (χ1n) is 28.7. The fourth-order valence-corrected chi connectivity index (χ4v) is 10.2. The van der Waals surface area contributed by atoms with Crippen molar-refractivity contribution in [3.05, 3.63) is 164 Å². The van der Waals surface area contributed by atoms with Crippen LogP contribution in [-0.2, 0) is 37.9 Å². The van der Waals surface area contributed by atoms with Gasteiger partial charge in [0.1, 0.15) is 0 Å². The van der Waals surface area contributed by atoms with Gasteiger partial charge in [0.05, 0.1) is 120 Å². The Kier molecular flexibility index (Phi) is 19.3. The third kappa shape index (κ3) is 13.2. The van der Waals surface area contributed by atoms with Gasteiger partial charge in [-0.25, -0.2) is 48.3 Å². The van der Waals surface area contributed by atoms with Crippen molar-refractivity contribution >= 4 is 94.1 Å². The maximum Gasteiger partial charge on any atom is 0.338 e. The predicted octanol–water partition coefficient (Wildman–Crippen LogP) is 12.7. The first kappa shape index (κ1) is 61.8. The second-order valence-corrected chi connectivity index (χ2v) is 19.5. The van der Waals surface area contributed by atoms with E-state index in [0.29, 0.717) is 66.6 Å². The van der Waals surface area contributed by atoms with Gasteiger partial charge in [-0.3, -0.25) is 0 Å². The van der Waals surface area contributed by atoms with Crippen molar-refractivity contribution in [1.29, 1.82) is 0 Å². The third-order valence-corrected chi connectivity index (χ3v) is 13.7. The van der Waals surface area contributed by atoms with E-state index in [4.69, 9.17) is 47.9 Å².